The van der Waals surface area contributed by atoms with E-state index in [2.05, 4.69) is 10.0 Å². The van der Waals surface area contributed by atoms with Crippen molar-refractivity contribution in [3.05, 3.63) is 53.6 Å². The van der Waals surface area contributed by atoms with Crippen molar-refractivity contribution in [2.24, 2.45) is 0 Å². The molecule has 0 spiro atoms. The summed E-state index contributed by atoms with van der Waals surface area (Å²) in [7, 11) is -3.71. The van der Waals surface area contributed by atoms with Gasteiger partial charge in [-0.2, -0.15) is 0 Å². The summed E-state index contributed by atoms with van der Waals surface area (Å²) in [4.78, 5) is 12.2. The van der Waals surface area contributed by atoms with Gasteiger partial charge >= 0.3 is 0 Å². The molecular weight excluding hydrogens is 328 g/mol. The second-order valence-electron chi connectivity index (χ2n) is 5.69. The number of hydrogen-bond donors (Lipinski definition) is 2. The summed E-state index contributed by atoms with van der Waals surface area (Å²) in [6, 6.07) is 11.9. The third kappa shape index (κ3) is 3.27. The van der Waals surface area contributed by atoms with Crippen LogP contribution in [0.25, 0.3) is 0 Å². The molecule has 7 heteroatoms. The molecule has 2 N–H and O–H groups in total. The molecule has 1 heterocycles. The molecule has 24 heavy (non-hydrogen) atoms. The molecular formula is C17H18N2O4S. The Morgan fingerprint density at radius 3 is 2.62 bits per heavy atom. The van der Waals surface area contributed by atoms with Gasteiger partial charge in [0.15, 0.2) is 6.10 Å². The number of rotatable bonds is 4. The Labute approximate surface area is 140 Å². The predicted molar refractivity (Wildman–Crippen MR) is 90.6 cm³/mol. The molecule has 2 aromatic rings. The number of fused-ring (bicyclic) bond motifs is 1. The van der Waals surface area contributed by atoms with Crippen molar-refractivity contribution in [1.82, 2.24) is 4.72 Å². The van der Waals surface area contributed by atoms with E-state index < -0.39 is 16.1 Å². The molecule has 0 fully saturated rings. The summed E-state index contributed by atoms with van der Waals surface area (Å²) in [6.07, 6.45) is -0.916. The highest BCUT2D eigenvalue weighted by Crippen LogP contribution is 2.28. The molecule has 0 saturated heterocycles. The number of carbonyl (C=O) groups excluding carboxylic acids is 1. The van der Waals surface area contributed by atoms with E-state index >= 15 is 0 Å². The topological polar surface area (TPSA) is 84.5 Å². The van der Waals surface area contributed by atoms with Crippen LogP contribution in [0, 0.1) is 13.8 Å². The number of hydrogen-bond acceptors (Lipinski definition) is 4. The van der Waals surface area contributed by atoms with Gasteiger partial charge in [0.25, 0.3) is 5.91 Å². The lowest BCUT2D eigenvalue weighted by Crippen LogP contribution is -2.45. The van der Waals surface area contributed by atoms with E-state index in [1.54, 1.807) is 42.5 Å². The smallest absolute Gasteiger partial charge is 0.266 e. The highest BCUT2D eigenvalue weighted by Gasteiger charge is 2.29. The Kier molecular flexibility index (Phi) is 4.29. The maximum atomic E-state index is 12.4. The van der Waals surface area contributed by atoms with Gasteiger partial charge in [-0.1, -0.05) is 18.2 Å². The van der Waals surface area contributed by atoms with Crippen LogP contribution in [0.5, 0.6) is 5.75 Å². The summed E-state index contributed by atoms with van der Waals surface area (Å²) < 4.78 is 32.8. The molecule has 0 aliphatic carbocycles. The fourth-order valence-corrected chi connectivity index (χ4v) is 3.49. The Morgan fingerprint density at radius 1 is 1.12 bits per heavy atom. The number of ether oxygens (including phenoxy) is 1. The second kappa shape index (κ2) is 6.26. The highest BCUT2D eigenvalue weighted by molar-refractivity contribution is 7.89. The minimum atomic E-state index is -3.71. The molecule has 1 aliphatic heterocycles. The number of benzene rings is 2. The van der Waals surface area contributed by atoms with Crippen LogP contribution in [0.15, 0.2) is 47.4 Å². The molecule has 1 amide bonds. The van der Waals surface area contributed by atoms with E-state index in [4.69, 9.17) is 4.74 Å². The van der Waals surface area contributed by atoms with Crippen molar-refractivity contribution in [2.45, 2.75) is 24.8 Å². The summed E-state index contributed by atoms with van der Waals surface area (Å²) >= 11 is 0. The molecule has 3 rings (SSSR count). The van der Waals surface area contributed by atoms with Crippen LogP contribution < -0.4 is 14.8 Å². The van der Waals surface area contributed by atoms with E-state index in [9.17, 15) is 13.2 Å². The monoisotopic (exact) mass is 346 g/mol. The lowest BCUT2D eigenvalue weighted by atomic mass is 10.1. The third-order valence-corrected chi connectivity index (χ3v) is 5.38. The van der Waals surface area contributed by atoms with Crippen LogP contribution in [0.1, 0.15) is 11.1 Å². The van der Waals surface area contributed by atoms with Crippen molar-refractivity contribution in [1.29, 1.82) is 0 Å². The van der Waals surface area contributed by atoms with E-state index in [0.29, 0.717) is 11.4 Å². The van der Waals surface area contributed by atoms with Crippen LogP contribution in [0.3, 0.4) is 0 Å². The van der Waals surface area contributed by atoms with E-state index in [0.717, 1.165) is 11.1 Å². The summed E-state index contributed by atoms with van der Waals surface area (Å²) in [6.45, 7) is 3.62. The summed E-state index contributed by atoms with van der Waals surface area (Å²) in [5.41, 5.74) is 2.48. The number of sulfonamides is 1. The first kappa shape index (κ1) is 16.5. The average molecular weight is 346 g/mol. The lowest BCUT2D eigenvalue weighted by Gasteiger charge is -2.25. The van der Waals surface area contributed by atoms with Gasteiger partial charge in [0.1, 0.15) is 5.75 Å². The van der Waals surface area contributed by atoms with E-state index in [1.807, 2.05) is 13.8 Å². The molecule has 6 nitrogen and oxygen atoms in total. The van der Waals surface area contributed by atoms with E-state index in [-0.39, 0.29) is 17.3 Å². The Bertz CT molecular complexity index is 893. The zero-order valence-corrected chi connectivity index (χ0v) is 14.2. The first-order chi connectivity index (χ1) is 11.4. The standard InChI is InChI=1S/C17H18N2O4S/c1-11-7-8-13(9-12(11)2)24(21,22)18-10-16-17(20)19-14-5-3-4-6-15(14)23-16/h3-9,16,18H,10H2,1-2H3,(H,19,20). The quantitative estimate of drug-likeness (QED) is 0.887. The van der Waals surface area contributed by atoms with Crippen molar-refractivity contribution in [3.63, 3.8) is 0 Å². The van der Waals surface area contributed by atoms with Gasteiger partial charge < -0.3 is 10.1 Å². The van der Waals surface area contributed by atoms with Crippen molar-refractivity contribution >= 4 is 21.6 Å². The van der Waals surface area contributed by atoms with Crippen LogP contribution in [0.2, 0.25) is 0 Å². The molecule has 0 bridgehead atoms. The first-order valence-electron chi connectivity index (χ1n) is 7.50. The molecule has 0 saturated carbocycles. The fourth-order valence-electron chi connectivity index (χ4n) is 2.38. The van der Waals surface area contributed by atoms with E-state index in [1.165, 1.54) is 0 Å². The normalized spacial score (nSPS) is 16.9. The van der Waals surface area contributed by atoms with Crippen LogP contribution in [0.4, 0.5) is 5.69 Å². The van der Waals surface area contributed by atoms with Crippen molar-refractivity contribution in [3.8, 4) is 5.75 Å². The highest BCUT2D eigenvalue weighted by atomic mass is 32.2. The van der Waals surface area contributed by atoms with Gasteiger partial charge in [-0.3, -0.25) is 4.79 Å². The average Bonchev–Trinajstić information content (AvgIpc) is 2.55. The SMILES string of the molecule is Cc1ccc(S(=O)(=O)NCC2Oc3ccccc3NC2=O)cc1C. The fraction of sp³-hybridized carbons (Fsp3) is 0.235. The lowest BCUT2D eigenvalue weighted by molar-refractivity contribution is -0.123. The minimum Gasteiger partial charge on any atom is -0.477 e. The van der Waals surface area contributed by atoms with Crippen LogP contribution in [-0.2, 0) is 14.8 Å². The number of nitrogens with one attached hydrogen (secondary N) is 2. The van der Waals surface area contributed by atoms with Gasteiger partial charge in [-0.25, -0.2) is 13.1 Å². The number of anilines is 1. The van der Waals surface area contributed by atoms with Gasteiger partial charge in [0.05, 0.1) is 17.1 Å². The number of aryl methyl sites for hydroxylation is 2. The van der Waals surface area contributed by atoms with Gasteiger partial charge in [-0.05, 0) is 49.2 Å². The van der Waals surface area contributed by atoms with Crippen molar-refractivity contribution < 1.29 is 17.9 Å². The predicted octanol–water partition coefficient (Wildman–Crippen LogP) is 1.98. The zero-order chi connectivity index (χ0) is 17.3. The minimum absolute atomic E-state index is 0.143. The maximum absolute atomic E-state index is 12.4. The summed E-state index contributed by atoms with van der Waals surface area (Å²) in [5, 5.41) is 2.70. The summed E-state index contributed by atoms with van der Waals surface area (Å²) in [5.74, 6) is 0.143. The van der Waals surface area contributed by atoms with Gasteiger partial charge in [0, 0.05) is 0 Å². The number of para-hydroxylation sites is 2. The van der Waals surface area contributed by atoms with Crippen LogP contribution in [-0.4, -0.2) is 27.0 Å². The molecule has 1 aliphatic rings. The Balaban J connectivity index is 1.73. The Morgan fingerprint density at radius 2 is 1.88 bits per heavy atom. The molecule has 1 unspecified atom stereocenters. The van der Waals surface area contributed by atoms with Crippen LogP contribution >= 0.6 is 0 Å². The first-order valence-corrected chi connectivity index (χ1v) is 8.98. The van der Waals surface area contributed by atoms with Gasteiger partial charge in [-0.15, -0.1) is 0 Å². The van der Waals surface area contributed by atoms with Gasteiger partial charge in [0.2, 0.25) is 10.0 Å². The molecule has 0 aromatic heterocycles. The molecule has 0 radical (unpaired) electrons. The second-order valence-corrected chi connectivity index (χ2v) is 7.46. The largest absolute Gasteiger partial charge is 0.477 e. The molecule has 2 aromatic carbocycles. The molecule has 1 atom stereocenters. The maximum Gasteiger partial charge on any atom is 0.266 e. The number of amides is 1. The third-order valence-electron chi connectivity index (χ3n) is 3.95. The zero-order valence-electron chi connectivity index (χ0n) is 13.4. The Hall–Kier alpha value is -2.38. The van der Waals surface area contributed by atoms with Crippen molar-refractivity contribution in [2.75, 3.05) is 11.9 Å². The number of carbonyl (C=O) groups is 1. The molecule has 126 valence electrons.